The first kappa shape index (κ1) is 20.8. The lowest BCUT2D eigenvalue weighted by Gasteiger charge is -2.14. The quantitative estimate of drug-likeness (QED) is 0.371. The van der Waals surface area contributed by atoms with Crippen LogP contribution in [0.2, 0.25) is 0 Å². The first-order valence-corrected chi connectivity index (χ1v) is 8.86. The molecule has 0 bridgehead atoms. The van der Waals surface area contributed by atoms with Gasteiger partial charge < -0.3 is 20.1 Å². The summed E-state index contributed by atoms with van der Waals surface area (Å²) in [5.74, 6) is 1.49. The van der Waals surface area contributed by atoms with Gasteiger partial charge in [-0.2, -0.15) is 0 Å². The van der Waals surface area contributed by atoms with Crippen LogP contribution in [-0.2, 0) is 17.8 Å². The molecule has 7 heteroatoms. The zero-order valence-corrected chi connectivity index (χ0v) is 16.2. The largest absolute Gasteiger partial charge is 0.489 e. The van der Waals surface area contributed by atoms with Crippen LogP contribution in [-0.4, -0.2) is 32.8 Å². The van der Waals surface area contributed by atoms with Crippen molar-refractivity contribution in [1.29, 1.82) is 0 Å². The van der Waals surface area contributed by atoms with E-state index in [2.05, 4.69) is 32.3 Å². The number of carbonyl (C=O) groups excluding carboxylic acids is 1. The van der Waals surface area contributed by atoms with Crippen molar-refractivity contribution in [2.24, 2.45) is 4.99 Å². The van der Waals surface area contributed by atoms with Crippen molar-refractivity contribution in [2.75, 3.05) is 26.1 Å². The minimum Gasteiger partial charge on any atom is -0.489 e. The number of nitrogens with one attached hydrogen (secondary N) is 3. The topological polar surface area (TPSA) is 84.0 Å². The Morgan fingerprint density at radius 3 is 2.50 bits per heavy atom. The third kappa shape index (κ3) is 6.68. The number of hydrogen-bond donors (Lipinski definition) is 3. The van der Waals surface area contributed by atoms with Crippen LogP contribution in [0.4, 0.5) is 10.5 Å². The van der Waals surface area contributed by atoms with Crippen molar-refractivity contribution in [1.82, 2.24) is 10.6 Å². The molecule has 1 amide bonds. The fourth-order valence-electron chi connectivity index (χ4n) is 2.40. The van der Waals surface area contributed by atoms with E-state index in [1.807, 2.05) is 48.5 Å². The SMILES string of the molecule is C=CCOc1ccccc1CNC(=NC)NCc1ccc(NC(=O)OC)cc1. The molecule has 0 heterocycles. The van der Waals surface area contributed by atoms with Crippen LogP contribution in [0.5, 0.6) is 5.75 Å². The molecule has 0 saturated heterocycles. The molecule has 0 atom stereocenters. The molecule has 0 aliphatic rings. The molecule has 0 saturated carbocycles. The van der Waals surface area contributed by atoms with E-state index in [1.54, 1.807) is 13.1 Å². The predicted octanol–water partition coefficient (Wildman–Crippen LogP) is 3.29. The summed E-state index contributed by atoms with van der Waals surface area (Å²) >= 11 is 0. The summed E-state index contributed by atoms with van der Waals surface area (Å²) in [4.78, 5) is 15.4. The second-order valence-corrected chi connectivity index (χ2v) is 5.80. The van der Waals surface area contributed by atoms with Crippen LogP contribution >= 0.6 is 0 Å². The number of anilines is 1. The third-order valence-corrected chi connectivity index (χ3v) is 3.84. The Balaban J connectivity index is 1.86. The van der Waals surface area contributed by atoms with Crippen LogP contribution < -0.4 is 20.7 Å². The lowest BCUT2D eigenvalue weighted by Crippen LogP contribution is -2.36. The van der Waals surface area contributed by atoms with Gasteiger partial charge in [0.25, 0.3) is 0 Å². The molecular formula is C21H26N4O3. The molecule has 0 unspecified atom stereocenters. The van der Waals surface area contributed by atoms with E-state index in [9.17, 15) is 4.79 Å². The normalized spacial score (nSPS) is 10.7. The van der Waals surface area contributed by atoms with Gasteiger partial charge >= 0.3 is 6.09 Å². The average Bonchev–Trinajstić information content (AvgIpc) is 2.74. The molecule has 2 rings (SSSR count). The van der Waals surface area contributed by atoms with Gasteiger partial charge in [0, 0.05) is 31.4 Å². The van der Waals surface area contributed by atoms with Gasteiger partial charge in [0.05, 0.1) is 7.11 Å². The van der Waals surface area contributed by atoms with Gasteiger partial charge in [0.15, 0.2) is 5.96 Å². The molecule has 0 aliphatic carbocycles. The van der Waals surface area contributed by atoms with Gasteiger partial charge in [-0.05, 0) is 23.8 Å². The number of benzene rings is 2. The molecule has 7 nitrogen and oxygen atoms in total. The van der Waals surface area contributed by atoms with Crippen LogP contribution in [0.1, 0.15) is 11.1 Å². The molecule has 0 fully saturated rings. The Morgan fingerprint density at radius 1 is 1.11 bits per heavy atom. The van der Waals surface area contributed by atoms with Gasteiger partial charge in [-0.25, -0.2) is 4.79 Å². The number of nitrogens with zero attached hydrogens (tertiary/aromatic N) is 1. The fraction of sp³-hybridized carbons (Fsp3) is 0.238. The highest BCUT2D eigenvalue weighted by molar-refractivity contribution is 5.84. The number of carbonyl (C=O) groups is 1. The molecule has 0 aromatic heterocycles. The zero-order valence-electron chi connectivity index (χ0n) is 16.2. The maximum Gasteiger partial charge on any atom is 0.411 e. The maximum absolute atomic E-state index is 11.2. The minimum absolute atomic E-state index is 0.463. The van der Waals surface area contributed by atoms with E-state index in [-0.39, 0.29) is 0 Å². The summed E-state index contributed by atoms with van der Waals surface area (Å²) in [5, 5.41) is 9.15. The van der Waals surface area contributed by atoms with E-state index in [1.165, 1.54) is 7.11 Å². The van der Waals surface area contributed by atoms with Crippen molar-refractivity contribution in [3.05, 3.63) is 72.3 Å². The minimum atomic E-state index is -0.493. The highest BCUT2D eigenvalue weighted by atomic mass is 16.5. The van der Waals surface area contributed by atoms with E-state index in [0.717, 1.165) is 16.9 Å². The number of ether oxygens (including phenoxy) is 2. The van der Waals surface area contributed by atoms with Gasteiger partial charge in [0.1, 0.15) is 12.4 Å². The second-order valence-electron chi connectivity index (χ2n) is 5.80. The Labute approximate surface area is 165 Å². The van der Waals surface area contributed by atoms with Crippen molar-refractivity contribution in [3.8, 4) is 5.75 Å². The smallest absolute Gasteiger partial charge is 0.411 e. The van der Waals surface area contributed by atoms with E-state index >= 15 is 0 Å². The molecule has 2 aromatic rings. The summed E-state index contributed by atoms with van der Waals surface area (Å²) in [6, 6.07) is 15.3. The number of rotatable bonds is 8. The number of methoxy groups -OCH3 is 1. The van der Waals surface area contributed by atoms with Crippen molar-refractivity contribution in [2.45, 2.75) is 13.1 Å². The van der Waals surface area contributed by atoms with Gasteiger partial charge in [-0.1, -0.05) is 43.0 Å². The number of guanidine groups is 1. The monoisotopic (exact) mass is 382 g/mol. The van der Waals surface area contributed by atoms with E-state index in [4.69, 9.17) is 4.74 Å². The van der Waals surface area contributed by atoms with Crippen LogP contribution in [0.3, 0.4) is 0 Å². The van der Waals surface area contributed by atoms with Gasteiger partial charge in [-0.3, -0.25) is 10.3 Å². The number of hydrogen-bond acceptors (Lipinski definition) is 4. The predicted molar refractivity (Wildman–Crippen MR) is 112 cm³/mol. The summed E-state index contributed by atoms with van der Waals surface area (Å²) in [5.41, 5.74) is 2.76. The molecule has 0 aliphatic heterocycles. The number of aliphatic imine (C=N–C) groups is 1. The molecule has 148 valence electrons. The maximum atomic E-state index is 11.2. The first-order chi connectivity index (χ1) is 13.7. The van der Waals surface area contributed by atoms with Crippen molar-refractivity contribution >= 4 is 17.7 Å². The molecular weight excluding hydrogens is 356 g/mol. The van der Waals surface area contributed by atoms with Gasteiger partial charge in [-0.15, -0.1) is 0 Å². The van der Waals surface area contributed by atoms with Crippen molar-refractivity contribution < 1.29 is 14.3 Å². The summed E-state index contributed by atoms with van der Waals surface area (Å²) < 4.78 is 10.2. The summed E-state index contributed by atoms with van der Waals surface area (Å²) in [7, 11) is 3.05. The zero-order chi connectivity index (χ0) is 20.2. The fourth-order valence-corrected chi connectivity index (χ4v) is 2.40. The Hall–Kier alpha value is -3.48. The van der Waals surface area contributed by atoms with E-state index < -0.39 is 6.09 Å². The lowest BCUT2D eigenvalue weighted by atomic mass is 10.2. The molecule has 3 N–H and O–H groups in total. The van der Waals surface area contributed by atoms with Crippen LogP contribution in [0, 0.1) is 0 Å². The average molecular weight is 382 g/mol. The highest BCUT2D eigenvalue weighted by Gasteiger charge is 2.05. The third-order valence-electron chi connectivity index (χ3n) is 3.84. The summed E-state index contributed by atoms with van der Waals surface area (Å²) in [6.07, 6.45) is 1.23. The lowest BCUT2D eigenvalue weighted by molar-refractivity contribution is 0.187. The Morgan fingerprint density at radius 2 is 1.82 bits per heavy atom. The Bertz CT molecular complexity index is 804. The summed E-state index contributed by atoms with van der Waals surface area (Å²) in [6.45, 7) is 5.30. The molecule has 28 heavy (non-hydrogen) atoms. The highest BCUT2D eigenvalue weighted by Crippen LogP contribution is 2.17. The Kier molecular flexibility index (Phi) is 8.39. The van der Waals surface area contributed by atoms with Crippen LogP contribution in [0.15, 0.2) is 66.2 Å². The molecule has 0 radical (unpaired) electrons. The number of para-hydroxylation sites is 1. The molecule has 0 spiro atoms. The van der Waals surface area contributed by atoms with Gasteiger partial charge in [0.2, 0.25) is 0 Å². The van der Waals surface area contributed by atoms with Crippen LogP contribution in [0.25, 0.3) is 0 Å². The van der Waals surface area contributed by atoms with Crippen molar-refractivity contribution in [3.63, 3.8) is 0 Å². The first-order valence-electron chi connectivity index (χ1n) is 8.86. The standard InChI is InChI=1S/C21H26N4O3/c1-4-13-28-19-8-6-5-7-17(19)15-24-20(22-2)23-14-16-9-11-18(12-10-16)25-21(26)27-3/h4-12H,1,13-15H2,2-3H3,(H,25,26)(H2,22,23,24). The second kappa shape index (κ2) is 11.3. The number of amides is 1. The molecule has 2 aromatic carbocycles. The van der Waals surface area contributed by atoms with E-state index in [0.29, 0.717) is 31.3 Å².